The number of hydrogen-bond acceptors (Lipinski definition) is 4. The number of hydrogen-bond donors (Lipinski definition) is 3. The van der Waals surface area contributed by atoms with Crippen molar-refractivity contribution >= 4 is 23.3 Å². The average Bonchev–Trinajstić information content (AvgIpc) is 2.79. The van der Waals surface area contributed by atoms with Crippen LogP contribution in [0.3, 0.4) is 0 Å². The molecule has 3 rings (SSSR count). The van der Waals surface area contributed by atoms with Crippen LogP contribution in [-0.2, 0) is 6.18 Å². The molecule has 4 nitrogen and oxygen atoms in total. The summed E-state index contributed by atoms with van der Waals surface area (Å²) in [6, 6.07) is 14.7. The van der Waals surface area contributed by atoms with Crippen molar-refractivity contribution in [3.8, 4) is 11.3 Å². The van der Waals surface area contributed by atoms with Crippen molar-refractivity contribution in [3.05, 3.63) is 89.6 Å². The molecule has 1 aromatic heterocycles. The van der Waals surface area contributed by atoms with Gasteiger partial charge in [0.25, 0.3) is 0 Å². The lowest BCUT2D eigenvalue weighted by Gasteiger charge is -2.19. The molecule has 0 fully saturated rings. The second-order valence-electron chi connectivity index (χ2n) is 7.57. The van der Waals surface area contributed by atoms with Crippen LogP contribution in [0.4, 0.5) is 24.7 Å². The van der Waals surface area contributed by atoms with E-state index < -0.39 is 11.7 Å². The zero-order valence-corrected chi connectivity index (χ0v) is 18.6. The Bertz CT molecular complexity index is 1170. The molecule has 0 aliphatic rings. The largest absolute Gasteiger partial charge is 0.417 e. The number of rotatable bonds is 8. The number of pyridine rings is 1. The fraction of sp³-hybridized carbons (Fsp3) is 0.192. The third kappa shape index (κ3) is 5.55. The van der Waals surface area contributed by atoms with E-state index in [4.69, 9.17) is 5.73 Å². The lowest BCUT2D eigenvalue weighted by Crippen LogP contribution is -2.10. The van der Waals surface area contributed by atoms with Crippen molar-refractivity contribution in [2.24, 2.45) is 5.73 Å². The van der Waals surface area contributed by atoms with Crippen molar-refractivity contribution in [2.45, 2.75) is 26.4 Å². The van der Waals surface area contributed by atoms with Crippen LogP contribution in [-0.4, -0.2) is 11.5 Å². The minimum atomic E-state index is -4.50. The Labute approximate surface area is 192 Å². The molecule has 0 bridgehead atoms. The zero-order chi connectivity index (χ0) is 24.0. The Balaban J connectivity index is 2.08. The first kappa shape index (κ1) is 23.9. The third-order valence-electron chi connectivity index (χ3n) is 5.12. The predicted octanol–water partition coefficient (Wildman–Crippen LogP) is 6.91. The van der Waals surface area contributed by atoms with Gasteiger partial charge < -0.3 is 16.4 Å². The molecule has 2 aromatic carbocycles. The first-order valence-electron chi connectivity index (χ1n) is 10.6. The Morgan fingerprint density at radius 1 is 1.12 bits per heavy atom. The third-order valence-corrected chi connectivity index (χ3v) is 5.12. The number of nitrogens with zero attached hydrogens (tertiary/aromatic N) is 1. The van der Waals surface area contributed by atoms with Gasteiger partial charge in [0, 0.05) is 34.6 Å². The maximum atomic E-state index is 13.6. The molecule has 0 unspecified atom stereocenters. The van der Waals surface area contributed by atoms with E-state index in [9.17, 15) is 13.2 Å². The van der Waals surface area contributed by atoms with Crippen LogP contribution in [0.5, 0.6) is 0 Å². The van der Waals surface area contributed by atoms with Gasteiger partial charge >= 0.3 is 6.18 Å². The number of anilines is 2. The molecule has 1 heterocycles. The van der Waals surface area contributed by atoms with Crippen LogP contribution >= 0.6 is 0 Å². The van der Waals surface area contributed by atoms with Gasteiger partial charge in [-0.2, -0.15) is 13.2 Å². The number of aromatic nitrogens is 1. The summed E-state index contributed by atoms with van der Waals surface area (Å²) in [7, 11) is 0. The van der Waals surface area contributed by atoms with Crippen molar-refractivity contribution < 1.29 is 13.2 Å². The minimum absolute atomic E-state index is 0.00931. The molecule has 7 heteroatoms. The van der Waals surface area contributed by atoms with Crippen LogP contribution in [0, 0.1) is 6.92 Å². The molecule has 0 saturated heterocycles. The van der Waals surface area contributed by atoms with Crippen LogP contribution < -0.4 is 16.4 Å². The van der Waals surface area contributed by atoms with Gasteiger partial charge in [-0.05, 0) is 49.4 Å². The molecule has 0 aliphatic heterocycles. The number of para-hydroxylation sites is 1. The Kier molecular flexibility index (Phi) is 7.43. The zero-order valence-electron chi connectivity index (χ0n) is 18.6. The highest BCUT2D eigenvalue weighted by molar-refractivity contribution is 5.85. The lowest BCUT2D eigenvalue weighted by molar-refractivity contribution is -0.137. The van der Waals surface area contributed by atoms with E-state index >= 15 is 0 Å². The second kappa shape index (κ2) is 10.3. The van der Waals surface area contributed by atoms with Gasteiger partial charge in [-0.15, -0.1) is 0 Å². The van der Waals surface area contributed by atoms with Gasteiger partial charge in [-0.3, -0.25) is 0 Å². The van der Waals surface area contributed by atoms with Crippen LogP contribution in [0.1, 0.15) is 35.6 Å². The van der Waals surface area contributed by atoms with E-state index in [1.807, 2.05) is 24.3 Å². The SMILES string of the molecule is C=C(Nc1nc(-c2ccccc2C(F)(F)F)cc(C)c1/C=C\N)c1ccccc1NCCC. The molecule has 3 aromatic rings. The Morgan fingerprint density at radius 3 is 2.52 bits per heavy atom. The van der Waals surface area contributed by atoms with E-state index in [-0.39, 0.29) is 11.3 Å². The summed E-state index contributed by atoms with van der Waals surface area (Å²) in [6.07, 6.45) is -0.499. The highest BCUT2D eigenvalue weighted by Crippen LogP contribution is 2.38. The second-order valence-corrected chi connectivity index (χ2v) is 7.57. The minimum Gasteiger partial charge on any atom is -0.405 e. The smallest absolute Gasteiger partial charge is 0.405 e. The summed E-state index contributed by atoms with van der Waals surface area (Å²) in [5.41, 5.74) is 8.83. The average molecular weight is 453 g/mol. The molecule has 0 spiro atoms. The first-order chi connectivity index (χ1) is 15.8. The van der Waals surface area contributed by atoms with Gasteiger partial charge in [-0.1, -0.05) is 49.9 Å². The topological polar surface area (TPSA) is 63.0 Å². The van der Waals surface area contributed by atoms with E-state index in [1.165, 1.54) is 18.3 Å². The van der Waals surface area contributed by atoms with Gasteiger partial charge in [0.1, 0.15) is 5.82 Å². The highest BCUT2D eigenvalue weighted by Gasteiger charge is 2.33. The van der Waals surface area contributed by atoms with Crippen LogP contribution in [0.25, 0.3) is 23.0 Å². The first-order valence-corrected chi connectivity index (χ1v) is 10.6. The lowest BCUT2D eigenvalue weighted by atomic mass is 10.00. The standard InChI is InChI=1S/C26H27F3N4/c1-4-15-31-23-12-8-6-9-20(23)18(3)32-25-19(13-14-30)17(2)16-24(33-25)21-10-5-7-11-22(21)26(27,28)29/h5-14,16,31H,3-4,15,30H2,1-2H3,(H,32,33)/b14-13-. The van der Waals surface area contributed by atoms with Crippen LogP contribution in [0.15, 0.2) is 67.4 Å². The van der Waals surface area contributed by atoms with Crippen molar-refractivity contribution in [1.82, 2.24) is 4.98 Å². The maximum absolute atomic E-state index is 13.6. The van der Waals surface area contributed by atoms with Crippen LogP contribution in [0.2, 0.25) is 0 Å². The molecular weight excluding hydrogens is 425 g/mol. The molecule has 4 N–H and O–H groups in total. The maximum Gasteiger partial charge on any atom is 0.417 e. The highest BCUT2D eigenvalue weighted by atomic mass is 19.4. The van der Waals surface area contributed by atoms with Gasteiger partial charge in [0.2, 0.25) is 0 Å². The summed E-state index contributed by atoms with van der Waals surface area (Å²) in [4.78, 5) is 4.55. The molecule has 0 saturated carbocycles. The number of nitrogens with two attached hydrogens (primary N) is 1. The molecular formula is C26H27F3N4. The van der Waals surface area contributed by atoms with Crippen molar-refractivity contribution in [1.29, 1.82) is 0 Å². The fourth-order valence-corrected chi connectivity index (χ4v) is 3.55. The molecule has 0 radical (unpaired) electrons. The van der Waals surface area contributed by atoms with Gasteiger partial charge in [0.05, 0.1) is 11.3 Å². The molecule has 0 amide bonds. The number of alkyl halides is 3. The number of benzene rings is 2. The normalized spacial score (nSPS) is 11.5. The Hall–Kier alpha value is -3.74. The molecule has 0 atom stereocenters. The summed E-state index contributed by atoms with van der Waals surface area (Å²) < 4.78 is 40.9. The predicted molar refractivity (Wildman–Crippen MR) is 131 cm³/mol. The molecule has 0 aliphatic carbocycles. The van der Waals surface area contributed by atoms with Gasteiger partial charge in [-0.25, -0.2) is 4.98 Å². The van der Waals surface area contributed by atoms with E-state index in [0.717, 1.165) is 35.8 Å². The van der Waals surface area contributed by atoms with Crippen molar-refractivity contribution in [2.75, 3.05) is 17.2 Å². The van der Waals surface area contributed by atoms with E-state index in [1.54, 1.807) is 25.1 Å². The summed E-state index contributed by atoms with van der Waals surface area (Å²) in [6.45, 7) is 8.83. The number of aryl methyl sites for hydroxylation is 1. The number of nitrogens with one attached hydrogen (secondary N) is 2. The fourth-order valence-electron chi connectivity index (χ4n) is 3.55. The number of halogens is 3. The quantitative estimate of drug-likeness (QED) is 0.347. The summed E-state index contributed by atoms with van der Waals surface area (Å²) in [5.74, 6) is 0.374. The molecule has 172 valence electrons. The van der Waals surface area contributed by atoms with E-state index in [2.05, 4.69) is 29.1 Å². The Morgan fingerprint density at radius 2 is 1.82 bits per heavy atom. The molecule has 33 heavy (non-hydrogen) atoms. The summed E-state index contributed by atoms with van der Waals surface area (Å²) >= 11 is 0. The summed E-state index contributed by atoms with van der Waals surface area (Å²) in [5, 5.41) is 6.57. The van der Waals surface area contributed by atoms with Gasteiger partial charge in [0.15, 0.2) is 0 Å². The van der Waals surface area contributed by atoms with Crippen molar-refractivity contribution in [3.63, 3.8) is 0 Å². The monoisotopic (exact) mass is 452 g/mol. The van der Waals surface area contributed by atoms with E-state index in [0.29, 0.717) is 17.1 Å².